The Morgan fingerprint density at radius 3 is 2.62 bits per heavy atom. The average molecular weight is 342 g/mol. The molecule has 1 aromatic carbocycles. The highest BCUT2D eigenvalue weighted by atomic mass is 32.2. The molecule has 4 nitrogen and oxygen atoms in total. The van der Waals surface area contributed by atoms with Crippen LogP contribution in [0.25, 0.3) is 6.08 Å². The largest absolute Gasteiger partial charge is 0.372 e. The summed E-state index contributed by atoms with van der Waals surface area (Å²) in [5, 5.41) is -0.228. The molecule has 2 aliphatic heterocycles. The number of imide groups is 1. The molecule has 0 aromatic heterocycles. The van der Waals surface area contributed by atoms with E-state index in [9.17, 15) is 9.59 Å². The quantitative estimate of drug-likeness (QED) is 0.607. The van der Waals surface area contributed by atoms with Gasteiger partial charge in [0.25, 0.3) is 11.1 Å². The standard InChI is InChI=1S/C19H22N2O2S/c1-3-9-21-18(22)17(24-19(21)23)13-15-7-8-16(12-14(15)2)20-10-5-4-6-11-20/h3,7-8,12-13H,1,4-6,9-11H2,2H3/b17-13+. The maximum atomic E-state index is 12.3. The molecular formula is C19H22N2O2S. The lowest BCUT2D eigenvalue weighted by Gasteiger charge is -2.29. The molecule has 24 heavy (non-hydrogen) atoms. The smallest absolute Gasteiger partial charge is 0.293 e. The minimum absolute atomic E-state index is 0.228. The van der Waals surface area contributed by atoms with E-state index in [0.717, 1.165) is 36.0 Å². The number of hydrogen-bond donors (Lipinski definition) is 0. The van der Waals surface area contributed by atoms with Crippen molar-refractivity contribution < 1.29 is 9.59 Å². The first-order valence-electron chi connectivity index (χ1n) is 8.32. The first-order valence-corrected chi connectivity index (χ1v) is 9.13. The van der Waals surface area contributed by atoms with Crippen LogP contribution >= 0.6 is 11.8 Å². The van der Waals surface area contributed by atoms with Crippen molar-refractivity contribution in [2.24, 2.45) is 0 Å². The Labute approximate surface area is 147 Å². The van der Waals surface area contributed by atoms with Gasteiger partial charge in [0.05, 0.1) is 4.91 Å². The molecule has 0 bridgehead atoms. The second-order valence-corrected chi connectivity index (χ2v) is 7.16. The summed E-state index contributed by atoms with van der Waals surface area (Å²) in [6.45, 7) is 8.12. The van der Waals surface area contributed by atoms with Crippen LogP contribution in [0, 0.1) is 6.92 Å². The number of carbonyl (C=O) groups is 2. The van der Waals surface area contributed by atoms with Gasteiger partial charge in [0.2, 0.25) is 0 Å². The summed E-state index contributed by atoms with van der Waals surface area (Å²) < 4.78 is 0. The van der Waals surface area contributed by atoms with Crippen LogP contribution in [0.4, 0.5) is 10.5 Å². The number of rotatable bonds is 4. The SMILES string of the molecule is C=CCN1C(=O)S/C(=C/c2ccc(N3CCCCC3)cc2C)C1=O. The number of piperidine rings is 1. The van der Waals surface area contributed by atoms with Gasteiger partial charge in [-0.3, -0.25) is 14.5 Å². The van der Waals surface area contributed by atoms with Crippen molar-refractivity contribution in [3.05, 3.63) is 46.9 Å². The number of aryl methyl sites for hydroxylation is 1. The summed E-state index contributed by atoms with van der Waals surface area (Å²) >= 11 is 0.998. The number of amides is 2. The number of benzene rings is 1. The Balaban J connectivity index is 1.81. The fourth-order valence-corrected chi connectivity index (χ4v) is 3.94. The Morgan fingerprint density at radius 1 is 1.21 bits per heavy atom. The molecule has 2 heterocycles. The van der Waals surface area contributed by atoms with Crippen molar-refractivity contribution in [3.8, 4) is 0 Å². The number of carbonyl (C=O) groups excluding carboxylic acids is 2. The zero-order chi connectivity index (χ0) is 17.1. The molecule has 3 rings (SSSR count). The molecule has 0 saturated carbocycles. The van der Waals surface area contributed by atoms with E-state index in [0.29, 0.717) is 4.91 Å². The highest BCUT2D eigenvalue weighted by Crippen LogP contribution is 2.33. The lowest BCUT2D eigenvalue weighted by Crippen LogP contribution is -2.29. The molecule has 126 valence electrons. The molecule has 2 saturated heterocycles. The summed E-state index contributed by atoms with van der Waals surface area (Å²) in [5.41, 5.74) is 3.34. The van der Waals surface area contributed by atoms with Gasteiger partial charge in [0, 0.05) is 25.3 Å². The van der Waals surface area contributed by atoms with Crippen molar-refractivity contribution in [2.75, 3.05) is 24.5 Å². The zero-order valence-electron chi connectivity index (χ0n) is 14.0. The summed E-state index contributed by atoms with van der Waals surface area (Å²) in [5.74, 6) is -0.232. The molecular weight excluding hydrogens is 320 g/mol. The van der Waals surface area contributed by atoms with E-state index in [4.69, 9.17) is 0 Å². The number of nitrogens with zero attached hydrogens (tertiary/aromatic N) is 2. The monoisotopic (exact) mass is 342 g/mol. The Hall–Kier alpha value is -2.01. The van der Waals surface area contributed by atoms with Crippen LogP contribution in [-0.2, 0) is 4.79 Å². The van der Waals surface area contributed by atoms with Crippen LogP contribution in [0.2, 0.25) is 0 Å². The van der Waals surface area contributed by atoms with Gasteiger partial charge in [-0.1, -0.05) is 12.1 Å². The van der Waals surface area contributed by atoms with Crippen molar-refractivity contribution in [2.45, 2.75) is 26.2 Å². The van der Waals surface area contributed by atoms with E-state index in [1.165, 1.54) is 29.8 Å². The highest BCUT2D eigenvalue weighted by molar-refractivity contribution is 8.18. The van der Waals surface area contributed by atoms with E-state index in [1.807, 2.05) is 19.1 Å². The lowest BCUT2D eigenvalue weighted by atomic mass is 10.0. The van der Waals surface area contributed by atoms with Gasteiger partial charge in [0.1, 0.15) is 0 Å². The number of anilines is 1. The van der Waals surface area contributed by atoms with Crippen LogP contribution in [-0.4, -0.2) is 35.7 Å². The van der Waals surface area contributed by atoms with Gasteiger partial charge >= 0.3 is 0 Å². The molecule has 0 N–H and O–H groups in total. The second kappa shape index (κ2) is 7.26. The zero-order valence-corrected chi connectivity index (χ0v) is 14.8. The summed E-state index contributed by atoms with van der Waals surface area (Å²) in [7, 11) is 0. The summed E-state index contributed by atoms with van der Waals surface area (Å²) in [6, 6.07) is 6.32. The van der Waals surface area contributed by atoms with E-state index in [2.05, 4.69) is 23.6 Å². The van der Waals surface area contributed by atoms with Crippen LogP contribution in [0.15, 0.2) is 35.8 Å². The molecule has 2 fully saturated rings. The lowest BCUT2D eigenvalue weighted by molar-refractivity contribution is -0.122. The minimum atomic E-state index is -0.232. The summed E-state index contributed by atoms with van der Waals surface area (Å²) in [6.07, 6.45) is 7.20. The summed E-state index contributed by atoms with van der Waals surface area (Å²) in [4.78, 5) is 28.3. The fourth-order valence-electron chi connectivity index (χ4n) is 3.10. The molecule has 5 heteroatoms. The topological polar surface area (TPSA) is 40.6 Å². The van der Waals surface area contributed by atoms with Crippen molar-refractivity contribution in [1.82, 2.24) is 4.90 Å². The molecule has 0 spiro atoms. The highest BCUT2D eigenvalue weighted by Gasteiger charge is 2.34. The molecule has 2 aliphatic rings. The minimum Gasteiger partial charge on any atom is -0.372 e. The first kappa shape index (κ1) is 16.8. The van der Waals surface area contributed by atoms with Crippen LogP contribution < -0.4 is 4.90 Å². The normalized spacial score (nSPS) is 20.1. The maximum absolute atomic E-state index is 12.3. The van der Waals surface area contributed by atoms with Gasteiger partial charge < -0.3 is 4.90 Å². The third-order valence-electron chi connectivity index (χ3n) is 4.45. The molecule has 1 aromatic rings. The first-order chi connectivity index (χ1) is 11.6. The number of thioether (sulfide) groups is 1. The molecule has 0 atom stereocenters. The molecule has 0 aliphatic carbocycles. The third kappa shape index (κ3) is 3.41. The third-order valence-corrected chi connectivity index (χ3v) is 5.35. The van der Waals surface area contributed by atoms with Gasteiger partial charge in [-0.05, 0) is 67.3 Å². The second-order valence-electron chi connectivity index (χ2n) is 6.17. The van der Waals surface area contributed by atoms with Gasteiger partial charge in [0.15, 0.2) is 0 Å². The predicted molar refractivity (Wildman–Crippen MR) is 100 cm³/mol. The Kier molecular flexibility index (Phi) is 5.09. The Bertz CT molecular complexity index is 705. The van der Waals surface area contributed by atoms with Gasteiger partial charge in [-0.2, -0.15) is 0 Å². The van der Waals surface area contributed by atoms with E-state index in [1.54, 1.807) is 6.08 Å². The predicted octanol–water partition coefficient (Wildman–Crippen LogP) is 4.21. The van der Waals surface area contributed by atoms with Crippen LogP contribution in [0.3, 0.4) is 0 Å². The van der Waals surface area contributed by atoms with Crippen LogP contribution in [0.1, 0.15) is 30.4 Å². The Morgan fingerprint density at radius 2 is 1.96 bits per heavy atom. The van der Waals surface area contributed by atoms with E-state index in [-0.39, 0.29) is 17.7 Å². The van der Waals surface area contributed by atoms with Crippen molar-refractivity contribution in [3.63, 3.8) is 0 Å². The average Bonchev–Trinajstić information content (AvgIpc) is 2.85. The van der Waals surface area contributed by atoms with Crippen molar-refractivity contribution >= 4 is 34.7 Å². The molecule has 2 amide bonds. The van der Waals surface area contributed by atoms with E-state index >= 15 is 0 Å². The number of hydrogen-bond acceptors (Lipinski definition) is 4. The maximum Gasteiger partial charge on any atom is 0.293 e. The molecule has 0 unspecified atom stereocenters. The van der Waals surface area contributed by atoms with E-state index < -0.39 is 0 Å². The molecule has 0 radical (unpaired) electrons. The van der Waals surface area contributed by atoms with Crippen molar-refractivity contribution in [1.29, 1.82) is 0 Å². The fraction of sp³-hybridized carbons (Fsp3) is 0.368. The van der Waals surface area contributed by atoms with Crippen LogP contribution in [0.5, 0.6) is 0 Å². The van der Waals surface area contributed by atoms with Gasteiger partial charge in [-0.25, -0.2) is 0 Å². The van der Waals surface area contributed by atoms with Gasteiger partial charge in [-0.15, -0.1) is 6.58 Å².